The lowest BCUT2D eigenvalue weighted by Crippen LogP contribution is -2.70. The second-order valence-electron chi connectivity index (χ2n) is 7.23. The molecule has 4 rings (SSSR count). The Balaban J connectivity index is 1.41. The minimum absolute atomic E-state index is 0.0123. The number of thiocarbonyl (C=S) groups is 1. The van der Waals surface area contributed by atoms with Crippen LogP contribution in [-0.2, 0) is 31.9 Å². The lowest BCUT2D eigenvalue weighted by atomic mass is 10.0. The average Bonchev–Trinajstić information content (AvgIpc) is 3.21. The Morgan fingerprint density at radius 2 is 2.21 bits per heavy atom. The van der Waals surface area contributed by atoms with Crippen molar-refractivity contribution in [3.8, 4) is 0 Å². The second-order valence-corrected chi connectivity index (χ2v) is 11.2. The van der Waals surface area contributed by atoms with Crippen LogP contribution in [0, 0.1) is 0 Å². The molecule has 2 aromatic rings. The molecule has 2 aliphatic rings. The SMILES string of the molecule is O=C(O)C1=C(CSc2nnc(CS(=O)(=O)O)o2)CS[C@@H]2C(NC(=S)Cc3cccnc3)C(=O)N12. The number of β-lactam (4-membered cyclic amide) rings is 1. The molecule has 2 aliphatic heterocycles. The normalized spacial score (nSPS) is 20.0. The Morgan fingerprint density at radius 1 is 1.41 bits per heavy atom. The number of fused-ring (bicyclic) bond motifs is 1. The molecule has 0 aliphatic carbocycles. The summed E-state index contributed by atoms with van der Waals surface area (Å²) in [6.07, 6.45) is 3.75. The molecule has 180 valence electrons. The molecule has 1 unspecified atom stereocenters. The van der Waals surface area contributed by atoms with Crippen molar-refractivity contribution < 1.29 is 32.1 Å². The highest BCUT2D eigenvalue weighted by molar-refractivity contribution is 8.01. The molecule has 12 nitrogen and oxygen atoms in total. The van der Waals surface area contributed by atoms with Crippen LogP contribution < -0.4 is 5.32 Å². The molecule has 34 heavy (non-hydrogen) atoms. The molecule has 0 aromatic carbocycles. The van der Waals surface area contributed by atoms with E-state index in [-0.39, 0.29) is 28.5 Å². The number of hydrogen-bond donors (Lipinski definition) is 3. The quantitative estimate of drug-likeness (QED) is 0.174. The Kier molecular flexibility index (Phi) is 7.22. The second kappa shape index (κ2) is 9.99. The third kappa shape index (κ3) is 5.57. The van der Waals surface area contributed by atoms with E-state index in [0.29, 0.717) is 22.7 Å². The summed E-state index contributed by atoms with van der Waals surface area (Å²) < 4.78 is 35.8. The molecule has 3 N–H and O–H groups in total. The van der Waals surface area contributed by atoms with Gasteiger partial charge in [0.1, 0.15) is 17.1 Å². The van der Waals surface area contributed by atoms with Crippen LogP contribution in [0.15, 0.2) is 45.4 Å². The maximum absolute atomic E-state index is 12.8. The molecule has 0 spiro atoms. The number of carboxylic acid groups (broad SMARTS) is 1. The summed E-state index contributed by atoms with van der Waals surface area (Å²) in [5.41, 5.74) is 1.28. The fourth-order valence-electron chi connectivity index (χ4n) is 3.37. The molecule has 0 saturated carbocycles. The van der Waals surface area contributed by atoms with Gasteiger partial charge in [-0.15, -0.1) is 22.0 Å². The Labute approximate surface area is 207 Å². The van der Waals surface area contributed by atoms with Crippen molar-refractivity contribution in [3.05, 3.63) is 47.3 Å². The number of aliphatic carboxylic acids is 1. The molecule has 1 saturated heterocycles. The number of hydrogen-bond acceptors (Lipinski definition) is 11. The van der Waals surface area contributed by atoms with Crippen molar-refractivity contribution >= 4 is 62.7 Å². The van der Waals surface area contributed by atoms with E-state index in [2.05, 4.69) is 20.5 Å². The minimum atomic E-state index is -4.32. The van der Waals surface area contributed by atoms with Gasteiger partial charge in [-0.1, -0.05) is 30.0 Å². The van der Waals surface area contributed by atoms with E-state index >= 15 is 0 Å². The van der Waals surface area contributed by atoms with E-state index in [0.717, 1.165) is 17.3 Å². The zero-order chi connectivity index (χ0) is 24.5. The van der Waals surface area contributed by atoms with Crippen molar-refractivity contribution in [1.29, 1.82) is 0 Å². The van der Waals surface area contributed by atoms with Crippen LogP contribution in [0.4, 0.5) is 0 Å². The predicted molar refractivity (Wildman–Crippen MR) is 125 cm³/mol. The highest BCUT2D eigenvalue weighted by atomic mass is 32.2. The average molecular weight is 544 g/mol. The maximum Gasteiger partial charge on any atom is 0.352 e. The third-order valence-corrected chi connectivity index (χ3v) is 7.90. The summed E-state index contributed by atoms with van der Waals surface area (Å²) in [6, 6.07) is 3.03. The van der Waals surface area contributed by atoms with E-state index in [1.807, 2.05) is 6.07 Å². The number of thioether (sulfide) groups is 2. The van der Waals surface area contributed by atoms with E-state index in [1.165, 1.54) is 16.7 Å². The van der Waals surface area contributed by atoms with Gasteiger partial charge in [0.2, 0.25) is 5.89 Å². The maximum atomic E-state index is 12.8. The molecule has 4 heterocycles. The Hall–Kier alpha value is -2.53. The van der Waals surface area contributed by atoms with E-state index in [9.17, 15) is 23.1 Å². The summed E-state index contributed by atoms with van der Waals surface area (Å²) in [5.74, 6) is -2.24. The molecule has 2 atom stereocenters. The van der Waals surface area contributed by atoms with Crippen LogP contribution in [0.25, 0.3) is 0 Å². The summed E-state index contributed by atoms with van der Waals surface area (Å²) in [5, 5.41) is 19.6. The highest BCUT2D eigenvalue weighted by Gasteiger charge is 2.53. The monoisotopic (exact) mass is 543 g/mol. The van der Waals surface area contributed by atoms with Gasteiger partial charge in [-0.25, -0.2) is 4.79 Å². The highest BCUT2D eigenvalue weighted by Crippen LogP contribution is 2.41. The Morgan fingerprint density at radius 3 is 2.88 bits per heavy atom. The van der Waals surface area contributed by atoms with E-state index in [1.54, 1.807) is 18.5 Å². The third-order valence-electron chi connectivity index (χ3n) is 4.78. The van der Waals surface area contributed by atoms with Gasteiger partial charge in [0, 0.05) is 30.3 Å². The van der Waals surface area contributed by atoms with Crippen molar-refractivity contribution in [3.63, 3.8) is 0 Å². The smallest absolute Gasteiger partial charge is 0.352 e. The van der Waals surface area contributed by atoms with Crippen LogP contribution in [0.1, 0.15) is 11.5 Å². The molecular weight excluding hydrogens is 526 g/mol. The summed E-state index contributed by atoms with van der Waals surface area (Å²) in [6.45, 7) is 0. The van der Waals surface area contributed by atoms with Gasteiger partial charge in [-0.05, 0) is 17.2 Å². The number of aromatic nitrogens is 3. The van der Waals surface area contributed by atoms with Crippen molar-refractivity contribution in [2.45, 2.75) is 28.8 Å². The van der Waals surface area contributed by atoms with Crippen LogP contribution >= 0.6 is 35.7 Å². The molecule has 0 bridgehead atoms. The first kappa shape index (κ1) is 24.6. The van der Waals surface area contributed by atoms with Gasteiger partial charge < -0.3 is 14.8 Å². The van der Waals surface area contributed by atoms with Gasteiger partial charge in [0.15, 0.2) is 5.75 Å². The first-order chi connectivity index (χ1) is 16.1. The zero-order valence-corrected chi connectivity index (χ0v) is 20.4. The van der Waals surface area contributed by atoms with Gasteiger partial charge in [-0.2, -0.15) is 8.42 Å². The van der Waals surface area contributed by atoms with E-state index < -0.39 is 33.3 Å². The predicted octanol–water partition coefficient (Wildman–Crippen LogP) is 0.727. The molecular formula is C18H17N5O7S4. The fourth-order valence-corrected chi connectivity index (χ4v) is 6.35. The summed E-state index contributed by atoms with van der Waals surface area (Å²) in [4.78, 5) is 30.5. The standard InChI is InChI=1S/C18H17N5O7S4/c24-15-13(20-12(31)4-9-2-1-3-19-5-9)16-23(15)14(17(25)26)10(6-32-16)7-33-18-22-21-11(30-18)8-34(27,28)29/h1-3,5,13,16H,4,6-8H2,(H,20,31)(H,25,26)(H,27,28,29)/t13?,16-/m1/s1. The number of carbonyl (C=O) groups excluding carboxylic acids is 1. The minimum Gasteiger partial charge on any atom is -0.477 e. The van der Waals surface area contributed by atoms with Crippen LogP contribution in [0.5, 0.6) is 0 Å². The van der Waals surface area contributed by atoms with Crippen molar-refractivity contribution in [1.82, 2.24) is 25.4 Å². The number of amides is 1. The number of nitrogens with one attached hydrogen (secondary N) is 1. The van der Waals surface area contributed by atoms with Crippen molar-refractivity contribution in [2.75, 3.05) is 11.5 Å². The fraction of sp³-hybridized carbons (Fsp3) is 0.333. The molecule has 2 aromatic heterocycles. The largest absolute Gasteiger partial charge is 0.477 e. The topological polar surface area (TPSA) is 176 Å². The molecule has 1 amide bonds. The lowest BCUT2D eigenvalue weighted by molar-refractivity contribution is -0.148. The number of carboxylic acids is 1. The van der Waals surface area contributed by atoms with Gasteiger partial charge in [0.25, 0.3) is 21.2 Å². The summed E-state index contributed by atoms with van der Waals surface area (Å²) >= 11 is 7.78. The Bertz CT molecular complexity index is 1260. The number of carbonyl (C=O) groups is 2. The molecule has 1 fully saturated rings. The van der Waals surface area contributed by atoms with Crippen LogP contribution in [0.3, 0.4) is 0 Å². The lowest BCUT2D eigenvalue weighted by Gasteiger charge is -2.49. The first-order valence-corrected chi connectivity index (χ1v) is 13.7. The summed E-state index contributed by atoms with van der Waals surface area (Å²) in [7, 11) is -4.32. The van der Waals surface area contributed by atoms with Crippen LogP contribution in [0.2, 0.25) is 0 Å². The first-order valence-electron chi connectivity index (χ1n) is 9.61. The van der Waals surface area contributed by atoms with Gasteiger partial charge in [0.05, 0.1) is 4.99 Å². The molecule has 0 radical (unpaired) electrons. The molecule has 16 heteroatoms. The van der Waals surface area contributed by atoms with E-state index in [4.69, 9.17) is 21.2 Å². The zero-order valence-electron chi connectivity index (χ0n) is 17.2. The number of rotatable bonds is 9. The van der Waals surface area contributed by atoms with Crippen LogP contribution in [-0.4, -0.2) is 77.9 Å². The van der Waals surface area contributed by atoms with Gasteiger partial charge in [-0.3, -0.25) is 19.2 Å². The number of nitrogens with zero attached hydrogens (tertiary/aromatic N) is 4. The number of pyridine rings is 1. The van der Waals surface area contributed by atoms with Crippen molar-refractivity contribution in [2.24, 2.45) is 0 Å². The van der Waals surface area contributed by atoms with Gasteiger partial charge >= 0.3 is 5.97 Å².